The maximum absolute atomic E-state index is 11.0. The summed E-state index contributed by atoms with van der Waals surface area (Å²) < 4.78 is 4.96. The van der Waals surface area contributed by atoms with E-state index in [0.717, 1.165) is 0 Å². The Hall–Kier alpha value is -2.56. The van der Waals surface area contributed by atoms with Crippen LogP contribution < -0.4 is 4.74 Å². The monoisotopic (exact) mass is 245 g/mol. The smallest absolute Gasteiger partial charge is 0.335 e. The van der Waals surface area contributed by atoms with Gasteiger partial charge in [0.2, 0.25) is 0 Å². The number of aromatic carboxylic acids is 1. The molecule has 0 radical (unpaired) electrons. The minimum atomic E-state index is -1.08. The van der Waals surface area contributed by atoms with Crippen LogP contribution in [0.5, 0.6) is 11.5 Å². The van der Waals surface area contributed by atoms with Gasteiger partial charge in [-0.15, -0.1) is 0 Å². The van der Waals surface area contributed by atoms with E-state index in [9.17, 15) is 9.90 Å². The van der Waals surface area contributed by atoms with Crippen LogP contribution in [0.3, 0.4) is 0 Å². The molecule has 0 aliphatic carbocycles. The van der Waals surface area contributed by atoms with Crippen LogP contribution >= 0.6 is 0 Å². The summed E-state index contributed by atoms with van der Waals surface area (Å²) in [6, 6.07) is 6.09. The standard InChI is InChI=1S/C13H11NO4/c1-18-11-6-9(13(16)17)5-10(12(11)15)8-3-2-4-14-7-8/h2-7,15H,1H3,(H,16,17). The van der Waals surface area contributed by atoms with Crippen molar-refractivity contribution in [2.45, 2.75) is 0 Å². The maximum Gasteiger partial charge on any atom is 0.335 e. The summed E-state index contributed by atoms with van der Waals surface area (Å²) in [5, 5.41) is 19.0. The lowest BCUT2D eigenvalue weighted by Crippen LogP contribution is -1.98. The third-order valence-corrected chi connectivity index (χ3v) is 2.51. The number of rotatable bonds is 3. The van der Waals surface area contributed by atoms with E-state index in [0.29, 0.717) is 11.1 Å². The van der Waals surface area contributed by atoms with E-state index >= 15 is 0 Å². The third-order valence-electron chi connectivity index (χ3n) is 2.51. The third kappa shape index (κ3) is 2.10. The molecule has 0 saturated heterocycles. The Bertz CT molecular complexity index is 581. The molecule has 0 aliphatic heterocycles. The summed E-state index contributed by atoms with van der Waals surface area (Å²) in [5.74, 6) is -1.07. The van der Waals surface area contributed by atoms with E-state index < -0.39 is 5.97 Å². The molecule has 0 fully saturated rings. The summed E-state index contributed by atoms with van der Waals surface area (Å²) in [5.41, 5.74) is 1.04. The van der Waals surface area contributed by atoms with Gasteiger partial charge in [-0.05, 0) is 18.2 Å². The van der Waals surface area contributed by atoms with Crippen LogP contribution in [0.4, 0.5) is 0 Å². The number of carboxylic acids is 1. The zero-order valence-corrected chi connectivity index (χ0v) is 9.62. The van der Waals surface area contributed by atoms with Crippen LogP contribution in [0.25, 0.3) is 11.1 Å². The van der Waals surface area contributed by atoms with Gasteiger partial charge in [-0.2, -0.15) is 0 Å². The Morgan fingerprint density at radius 1 is 1.39 bits per heavy atom. The second kappa shape index (κ2) is 4.75. The Labute approximate surface area is 103 Å². The highest BCUT2D eigenvalue weighted by Gasteiger charge is 2.15. The number of hydrogen-bond donors (Lipinski definition) is 2. The molecule has 0 saturated carbocycles. The lowest BCUT2D eigenvalue weighted by atomic mass is 10.0. The molecule has 0 unspecified atom stereocenters. The van der Waals surface area contributed by atoms with Crippen molar-refractivity contribution >= 4 is 5.97 Å². The average Bonchev–Trinajstić information content (AvgIpc) is 2.39. The number of aromatic nitrogens is 1. The molecule has 2 aromatic rings. The van der Waals surface area contributed by atoms with Gasteiger partial charge in [0, 0.05) is 23.5 Å². The van der Waals surface area contributed by atoms with Crippen molar-refractivity contribution in [3.05, 3.63) is 42.2 Å². The van der Waals surface area contributed by atoms with E-state index in [2.05, 4.69) is 4.98 Å². The lowest BCUT2D eigenvalue weighted by Gasteiger charge is -2.10. The van der Waals surface area contributed by atoms with Crippen LogP contribution in [0.2, 0.25) is 0 Å². The van der Waals surface area contributed by atoms with Crippen LogP contribution in [0, 0.1) is 0 Å². The number of phenolic OH excluding ortho intramolecular Hbond substituents is 1. The lowest BCUT2D eigenvalue weighted by molar-refractivity contribution is 0.0696. The van der Waals surface area contributed by atoms with Gasteiger partial charge in [-0.25, -0.2) is 4.79 Å². The molecule has 5 nitrogen and oxygen atoms in total. The van der Waals surface area contributed by atoms with Crippen molar-refractivity contribution in [3.63, 3.8) is 0 Å². The van der Waals surface area contributed by atoms with Gasteiger partial charge in [0.15, 0.2) is 11.5 Å². The molecular formula is C13H11NO4. The number of nitrogens with zero attached hydrogens (tertiary/aromatic N) is 1. The fourth-order valence-electron chi connectivity index (χ4n) is 1.63. The second-order valence-electron chi connectivity index (χ2n) is 3.62. The van der Waals surface area contributed by atoms with Gasteiger partial charge in [-0.1, -0.05) is 6.07 Å². The molecule has 0 spiro atoms. The number of pyridine rings is 1. The summed E-state index contributed by atoms with van der Waals surface area (Å²) in [6.45, 7) is 0. The Balaban J connectivity index is 2.66. The van der Waals surface area contributed by atoms with Gasteiger partial charge in [-0.3, -0.25) is 4.98 Å². The van der Waals surface area contributed by atoms with Crippen LogP contribution in [-0.4, -0.2) is 28.3 Å². The zero-order chi connectivity index (χ0) is 13.1. The number of ether oxygens (including phenoxy) is 1. The molecule has 5 heteroatoms. The Kier molecular flexibility index (Phi) is 3.14. The van der Waals surface area contributed by atoms with Crippen molar-refractivity contribution in [1.82, 2.24) is 4.98 Å². The largest absolute Gasteiger partial charge is 0.504 e. The molecule has 0 bridgehead atoms. The maximum atomic E-state index is 11.0. The highest BCUT2D eigenvalue weighted by atomic mass is 16.5. The quantitative estimate of drug-likeness (QED) is 0.866. The number of carbonyl (C=O) groups is 1. The normalized spacial score (nSPS) is 10.1. The highest BCUT2D eigenvalue weighted by Crippen LogP contribution is 2.37. The molecule has 1 heterocycles. The van der Waals surface area contributed by atoms with Crippen molar-refractivity contribution in [2.75, 3.05) is 7.11 Å². The van der Waals surface area contributed by atoms with Crippen molar-refractivity contribution in [2.24, 2.45) is 0 Å². The number of carboxylic acid groups (broad SMARTS) is 1. The molecule has 1 aromatic carbocycles. The first-order valence-electron chi connectivity index (χ1n) is 5.18. The first kappa shape index (κ1) is 11.9. The van der Waals surface area contributed by atoms with Gasteiger partial charge in [0.05, 0.1) is 12.7 Å². The SMILES string of the molecule is COc1cc(C(=O)O)cc(-c2cccnc2)c1O. The summed E-state index contributed by atoms with van der Waals surface area (Å²) in [7, 11) is 1.37. The first-order valence-corrected chi connectivity index (χ1v) is 5.18. The topological polar surface area (TPSA) is 79.7 Å². The highest BCUT2D eigenvalue weighted by molar-refractivity contribution is 5.91. The van der Waals surface area contributed by atoms with Crippen LogP contribution in [-0.2, 0) is 0 Å². The summed E-state index contributed by atoms with van der Waals surface area (Å²) in [4.78, 5) is 14.9. The van der Waals surface area contributed by atoms with Crippen molar-refractivity contribution in [1.29, 1.82) is 0 Å². The molecule has 0 amide bonds. The average molecular weight is 245 g/mol. The number of hydrogen-bond acceptors (Lipinski definition) is 4. The zero-order valence-electron chi connectivity index (χ0n) is 9.62. The molecule has 2 rings (SSSR count). The van der Waals surface area contributed by atoms with E-state index in [4.69, 9.17) is 9.84 Å². The molecular weight excluding hydrogens is 234 g/mol. The number of aromatic hydroxyl groups is 1. The van der Waals surface area contributed by atoms with Gasteiger partial charge >= 0.3 is 5.97 Å². The van der Waals surface area contributed by atoms with Gasteiger partial charge in [0.1, 0.15) is 0 Å². The Morgan fingerprint density at radius 3 is 2.72 bits per heavy atom. The van der Waals surface area contributed by atoms with E-state index in [1.807, 2.05) is 0 Å². The minimum Gasteiger partial charge on any atom is -0.504 e. The summed E-state index contributed by atoms with van der Waals surface area (Å²) >= 11 is 0. The number of benzene rings is 1. The molecule has 0 atom stereocenters. The van der Waals surface area contributed by atoms with Crippen molar-refractivity contribution < 1.29 is 19.7 Å². The molecule has 92 valence electrons. The molecule has 1 aromatic heterocycles. The van der Waals surface area contributed by atoms with Crippen molar-refractivity contribution in [3.8, 4) is 22.6 Å². The van der Waals surface area contributed by atoms with E-state index in [1.54, 1.807) is 24.5 Å². The molecule has 2 N–H and O–H groups in total. The minimum absolute atomic E-state index is 0.0449. The van der Waals surface area contributed by atoms with Gasteiger partial charge in [0.25, 0.3) is 0 Å². The van der Waals surface area contributed by atoms with E-state index in [1.165, 1.54) is 19.2 Å². The number of phenols is 1. The fourth-order valence-corrected chi connectivity index (χ4v) is 1.63. The van der Waals surface area contributed by atoms with E-state index in [-0.39, 0.29) is 17.1 Å². The molecule has 0 aliphatic rings. The summed E-state index contributed by atoms with van der Waals surface area (Å²) in [6.07, 6.45) is 3.14. The molecule has 18 heavy (non-hydrogen) atoms. The first-order chi connectivity index (χ1) is 8.63. The predicted octanol–water partition coefficient (Wildman–Crippen LogP) is 2.16. The second-order valence-corrected chi connectivity index (χ2v) is 3.62. The van der Waals surface area contributed by atoms with Gasteiger partial charge < -0.3 is 14.9 Å². The predicted molar refractivity (Wildman–Crippen MR) is 64.8 cm³/mol. The van der Waals surface area contributed by atoms with Crippen LogP contribution in [0.1, 0.15) is 10.4 Å². The van der Waals surface area contributed by atoms with Crippen LogP contribution in [0.15, 0.2) is 36.7 Å². The Morgan fingerprint density at radius 2 is 2.17 bits per heavy atom. The number of methoxy groups -OCH3 is 1. The fraction of sp³-hybridized carbons (Fsp3) is 0.0769.